The number of aryl methyl sites for hydroxylation is 3. The van der Waals surface area contributed by atoms with Gasteiger partial charge < -0.3 is 14.2 Å². The molecule has 39 heavy (non-hydrogen) atoms. The molecule has 1 aliphatic heterocycles. The molecule has 1 N–H and O–H groups in total. The third-order valence-electron chi connectivity index (χ3n) is 6.45. The van der Waals surface area contributed by atoms with Gasteiger partial charge >= 0.3 is 11.9 Å². The van der Waals surface area contributed by atoms with Crippen molar-refractivity contribution in [3.8, 4) is 0 Å². The number of hydrogen-bond acceptors (Lipinski definition) is 8. The van der Waals surface area contributed by atoms with Gasteiger partial charge in [0.05, 0.1) is 23.0 Å². The van der Waals surface area contributed by atoms with Crippen molar-refractivity contribution in [1.29, 1.82) is 0 Å². The lowest BCUT2D eigenvalue weighted by Gasteiger charge is -2.22. The number of aliphatic hydroxyl groups excluding tert-OH is 1. The number of ketones is 1. The Labute approximate surface area is 236 Å². The number of fused-ring (bicyclic) bond motifs is 1. The van der Waals surface area contributed by atoms with E-state index in [2.05, 4.69) is 32.5 Å². The van der Waals surface area contributed by atoms with Gasteiger partial charge in [-0.05, 0) is 50.1 Å². The van der Waals surface area contributed by atoms with Crippen molar-refractivity contribution in [3.63, 3.8) is 0 Å². The van der Waals surface area contributed by atoms with Gasteiger partial charge in [0.25, 0.3) is 5.78 Å². The molecule has 0 spiro atoms. The van der Waals surface area contributed by atoms with E-state index < -0.39 is 23.7 Å². The topological polar surface area (TPSA) is 114 Å². The molecule has 5 rings (SSSR count). The summed E-state index contributed by atoms with van der Waals surface area (Å²) in [5.74, 6) is -2.74. The Balaban J connectivity index is 1.71. The summed E-state index contributed by atoms with van der Waals surface area (Å²) >= 11 is 4.35. The Morgan fingerprint density at radius 2 is 1.90 bits per heavy atom. The molecule has 198 valence electrons. The molecule has 1 amide bonds. The molecule has 4 aromatic rings. The minimum absolute atomic E-state index is 0.0206. The van der Waals surface area contributed by atoms with E-state index in [1.807, 2.05) is 29.7 Å². The van der Waals surface area contributed by atoms with Crippen LogP contribution in [0.1, 0.15) is 43.9 Å². The molecule has 0 bridgehead atoms. The molecule has 11 heteroatoms. The van der Waals surface area contributed by atoms with E-state index in [0.717, 1.165) is 21.4 Å². The van der Waals surface area contributed by atoms with Crippen molar-refractivity contribution < 1.29 is 24.2 Å². The van der Waals surface area contributed by atoms with Gasteiger partial charge in [0.2, 0.25) is 0 Å². The highest BCUT2D eigenvalue weighted by atomic mass is 79.9. The number of anilines is 1. The number of ether oxygens (including phenoxy) is 1. The standard InChI is InChI=1S/C28H23BrN4O5S/c1-5-13-38-27(37)24-15(3)30-28(39-24)33-21(17-8-10-18(29)11-9-17)19(23(35)26(33)36)22(34)20-16(4)32-12-6-7-14(2)25(32)31-20/h5-12,21,34H,1,13H2,2-4H3/b22-19+. The molecule has 1 fully saturated rings. The summed E-state index contributed by atoms with van der Waals surface area (Å²) < 4.78 is 7.77. The number of aromatic nitrogens is 3. The minimum atomic E-state index is -1.01. The number of imidazole rings is 1. The zero-order chi connectivity index (χ0) is 28.0. The summed E-state index contributed by atoms with van der Waals surface area (Å²) in [5, 5.41) is 11.7. The number of thiazole rings is 1. The molecule has 1 aliphatic rings. The molecule has 1 atom stereocenters. The van der Waals surface area contributed by atoms with Gasteiger partial charge in [-0.3, -0.25) is 14.5 Å². The first-order chi connectivity index (χ1) is 18.6. The molecule has 0 saturated carbocycles. The van der Waals surface area contributed by atoms with Gasteiger partial charge in [0.15, 0.2) is 10.9 Å². The van der Waals surface area contributed by atoms with Crippen molar-refractivity contribution in [2.45, 2.75) is 26.8 Å². The number of nitrogens with zero attached hydrogens (tertiary/aromatic N) is 4. The van der Waals surface area contributed by atoms with Crippen LogP contribution < -0.4 is 4.90 Å². The number of benzene rings is 1. The Kier molecular flexibility index (Phi) is 6.96. The smallest absolute Gasteiger partial charge is 0.350 e. The Morgan fingerprint density at radius 1 is 1.18 bits per heavy atom. The van der Waals surface area contributed by atoms with Gasteiger partial charge in [-0.2, -0.15) is 0 Å². The molecule has 1 unspecified atom stereocenters. The van der Waals surface area contributed by atoms with E-state index in [1.165, 1.54) is 11.0 Å². The summed E-state index contributed by atoms with van der Waals surface area (Å²) in [6, 6.07) is 9.81. The Bertz CT molecular complexity index is 1700. The van der Waals surface area contributed by atoms with Crippen LogP contribution in [0.5, 0.6) is 0 Å². The normalized spacial score (nSPS) is 16.7. The fraction of sp³-hybridized carbons (Fsp3) is 0.179. The third kappa shape index (κ3) is 4.47. The van der Waals surface area contributed by atoms with Crippen molar-refractivity contribution in [2.24, 2.45) is 0 Å². The SMILES string of the molecule is C=CCOC(=O)c1sc(N2C(=O)C(=O)/C(=C(/O)c3nc4c(C)cccn4c3C)C2c2ccc(Br)cc2)nc1C. The van der Waals surface area contributed by atoms with Crippen LogP contribution in [0.3, 0.4) is 0 Å². The van der Waals surface area contributed by atoms with Crippen LogP contribution in [0.15, 0.2) is 65.3 Å². The largest absolute Gasteiger partial charge is 0.505 e. The molecule has 4 heterocycles. The van der Waals surface area contributed by atoms with Crippen LogP contribution in [-0.4, -0.2) is 43.7 Å². The van der Waals surface area contributed by atoms with Crippen LogP contribution in [0.4, 0.5) is 5.13 Å². The molecular formula is C28H23BrN4O5S. The van der Waals surface area contributed by atoms with Crippen molar-refractivity contribution >= 4 is 61.5 Å². The van der Waals surface area contributed by atoms with Gasteiger partial charge in [-0.15, -0.1) is 0 Å². The maximum Gasteiger partial charge on any atom is 0.350 e. The van der Waals surface area contributed by atoms with Crippen LogP contribution >= 0.6 is 27.3 Å². The van der Waals surface area contributed by atoms with E-state index >= 15 is 0 Å². The first kappa shape index (κ1) is 26.5. The van der Waals surface area contributed by atoms with Crippen LogP contribution in [0.2, 0.25) is 0 Å². The van der Waals surface area contributed by atoms with Crippen LogP contribution in [-0.2, 0) is 14.3 Å². The van der Waals surface area contributed by atoms with Crippen LogP contribution in [0.25, 0.3) is 11.4 Å². The van der Waals surface area contributed by atoms with E-state index in [-0.39, 0.29) is 33.6 Å². The lowest BCUT2D eigenvalue weighted by molar-refractivity contribution is -0.132. The second kappa shape index (κ2) is 10.2. The highest BCUT2D eigenvalue weighted by Crippen LogP contribution is 2.44. The zero-order valence-electron chi connectivity index (χ0n) is 21.3. The molecule has 1 saturated heterocycles. The number of esters is 1. The third-order valence-corrected chi connectivity index (χ3v) is 8.11. The number of pyridine rings is 1. The maximum atomic E-state index is 13.5. The average molecular weight is 607 g/mol. The number of amides is 1. The highest BCUT2D eigenvalue weighted by molar-refractivity contribution is 9.10. The number of halogens is 1. The number of Topliss-reactive ketones (excluding diaryl/α,β-unsaturated/α-hetero) is 1. The monoisotopic (exact) mass is 606 g/mol. The average Bonchev–Trinajstić information content (AvgIpc) is 3.55. The lowest BCUT2D eigenvalue weighted by Crippen LogP contribution is -2.29. The summed E-state index contributed by atoms with van der Waals surface area (Å²) in [7, 11) is 0. The Morgan fingerprint density at radius 3 is 2.56 bits per heavy atom. The quantitative estimate of drug-likeness (QED) is 0.102. The van der Waals surface area contributed by atoms with E-state index in [0.29, 0.717) is 22.6 Å². The highest BCUT2D eigenvalue weighted by Gasteiger charge is 2.49. The summed E-state index contributed by atoms with van der Waals surface area (Å²) in [4.78, 5) is 50.1. The molecule has 0 aliphatic carbocycles. The van der Waals surface area contributed by atoms with Crippen molar-refractivity contribution in [2.75, 3.05) is 11.5 Å². The predicted octanol–water partition coefficient (Wildman–Crippen LogP) is 5.45. The number of hydrogen-bond donors (Lipinski definition) is 1. The molecular weight excluding hydrogens is 584 g/mol. The fourth-order valence-corrected chi connectivity index (χ4v) is 5.79. The van der Waals surface area contributed by atoms with E-state index in [4.69, 9.17) is 4.74 Å². The van der Waals surface area contributed by atoms with Gasteiger partial charge in [0, 0.05) is 10.7 Å². The zero-order valence-corrected chi connectivity index (χ0v) is 23.7. The minimum Gasteiger partial charge on any atom is -0.505 e. The second-order valence-corrected chi connectivity index (χ2v) is 10.8. The molecule has 3 aromatic heterocycles. The van der Waals surface area contributed by atoms with Gasteiger partial charge in [-0.25, -0.2) is 14.8 Å². The maximum absolute atomic E-state index is 13.5. The predicted molar refractivity (Wildman–Crippen MR) is 151 cm³/mol. The van der Waals surface area contributed by atoms with Crippen molar-refractivity contribution in [3.05, 3.63) is 98.4 Å². The number of carbonyl (C=O) groups is 3. The Hall–Kier alpha value is -4.09. The molecule has 0 radical (unpaired) electrons. The molecule has 1 aromatic carbocycles. The van der Waals surface area contributed by atoms with Gasteiger partial charge in [0.1, 0.15) is 22.8 Å². The number of carbonyl (C=O) groups excluding carboxylic acids is 3. The second-order valence-electron chi connectivity index (χ2n) is 8.95. The molecule has 9 nitrogen and oxygen atoms in total. The van der Waals surface area contributed by atoms with E-state index in [1.54, 1.807) is 38.1 Å². The van der Waals surface area contributed by atoms with Crippen LogP contribution in [0, 0.1) is 20.8 Å². The summed E-state index contributed by atoms with van der Waals surface area (Å²) in [6.45, 7) is 8.86. The summed E-state index contributed by atoms with van der Waals surface area (Å²) in [5.41, 5.74) is 3.14. The lowest BCUT2D eigenvalue weighted by atomic mass is 9.96. The first-order valence-electron chi connectivity index (χ1n) is 11.9. The van der Waals surface area contributed by atoms with E-state index in [9.17, 15) is 19.5 Å². The number of aliphatic hydroxyl groups is 1. The summed E-state index contributed by atoms with van der Waals surface area (Å²) in [6.07, 6.45) is 3.27. The number of rotatable bonds is 6. The fourth-order valence-electron chi connectivity index (χ4n) is 4.54. The van der Waals surface area contributed by atoms with Gasteiger partial charge in [-0.1, -0.05) is 58.1 Å². The van der Waals surface area contributed by atoms with Crippen molar-refractivity contribution in [1.82, 2.24) is 14.4 Å². The first-order valence-corrected chi connectivity index (χ1v) is 13.5.